The Morgan fingerprint density at radius 1 is 1.10 bits per heavy atom. The lowest BCUT2D eigenvalue weighted by molar-refractivity contribution is 0.0934. The summed E-state index contributed by atoms with van der Waals surface area (Å²) in [6.07, 6.45) is 0. The number of amides is 1. The lowest BCUT2D eigenvalue weighted by atomic mass is 10.2. The molecule has 2 aromatic rings. The van der Waals surface area contributed by atoms with Crippen molar-refractivity contribution in [2.24, 2.45) is 0 Å². The van der Waals surface area contributed by atoms with E-state index in [0.29, 0.717) is 12.1 Å². The summed E-state index contributed by atoms with van der Waals surface area (Å²) < 4.78 is 19.3. The molecule has 0 aliphatic carbocycles. The van der Waals surface area contributed by atoms with Crippen molar-refractivity contribution in [2.75, 3.05) is 46.4 Å². The molecule has 1 aliphatic rings. The molecule has 0 bridgehead atoms. The van der Waals surface area contributed by atoms with Gasteiger partial charge < -0.3 is 10.1 Å². The average molecular weight is 487 g/mol. The topological polar surface area (TPSA) is 44.8 Å². The minimum atomic E-state index is -0.338. The summed E-state index contributed by atoms with van der Waals surface area (Å²) in [7, 11) is 1.68. The molecule has 0 radical (unpaired) electrons. The van der Waals surface area contributed by atoms with Gasteiger partial charge in [0.05, 0.1) is 7.11 Å². The predicted molar refractivity (Wildman–Crippen MR) is 118 cm³/mol. The number of hydrogen-bond acceptors (Lipinski definition) is 4. The van der Waals surface area contributed by atoms with Crippen molar-refractivity contribution in [3.63, 3.8) is 0 Å². The molecule has 1 saturated heterocycles. The summed E-state index contributed by atoms with van der Waals surface area (Å²) in [5.41, 5.74) is 1.70. The summed E-state index contributed by atoms with van der Waals surface area (Å²) in [6.45, 7) is 6.17. The van der Waals surface area contributed by atoms with Crippen LogP contribution in [0.2, 0.25) is 0 Å². The third-order valence-corrected chi connectivity index (χ3v) is 5.71. The highest BCUT2D eigenvalue weighted by Crippen LogP contribution is 2.24. The maximum absolute atomic E-state index is 12.9. The zero-order chi connectivity index (χ0) is 19.9. The first kappa shape index (κ1) is 23.6. The number of rotatable bonds is 7. The van der Waals surface area contributed by atoms with E-state index < -0.39 is 0 Å². The Labute approximate surface area is 185 Å². The first-order valence-corrected chi connectivity index (χ1v) is 10.2. The maximum atomic E-state index is 12.9. The van der Waals surface area contributed by atoms with Gasteiger partial charge in [0.2, 0.25) is 0 Å². The number of nitrogens with one attached hydrogen (secondary N) is 1. The van der Waals surface area contributed by atoms with Crippen LogP contribution in [-0.2, 0) is 6.54 Å². The first-order valence-electron chi connectivity index (χ1n) is 9.36. The van der Waals surface area contributed by atoms with Crippen LogP contribution >= 0.6 is 28.3 Å². The Morgan fingerprint density at radius 2 is 1.76 bits per heavy atom. The maximum Gasteiger partial charge on any atom is 0.251 e. The molecule has 1 fully saturated rings. The molecule has 29 heavy (non-hydrogen) atoms. The van der Waals surface area contributed by atoms with Crippen molar-refractivity contribution >= 4 is 34.2 Å². The molecular formula is C21H26BrClFN3O2. The highest BCUT2D eigenvalue weighted by Gasteiger charge is 2.18. The Morgan fingerprint density at radius 3 is 2.41 bits per heavy atom. The molecule has 0 saturated carbocycles. The van der Waals surface area contributed by atoms with Gasteiger partial charge in [-0.25, -0.2) is 4.39 Å². The summed E-state index contributed by atoms with van der Waals surface area (Å²) in [5, 5.41) is 2.90. The van der Waals surface area contributed by atoms with Crippen LogP contribution < -0.4 is 10.1 Å². The number of hydrogen-bond donors (Lipinski definition) is 1. The molecule has 2 aromatic carbocycles. The smallest absolute Gasteiger partial charge is 0.251 e. The van der Waals surface area contributed by atoms with Gasteiger partial charge in [-0.1, -0.05) is 15.9 Å². The van der Waals surface area contributed by atoms with E-state index in [1.54, 1.807) is 7.11 Å². The van der Waals surface area contributed by atoms with Gasteiger partial charge >= 0.3 is 0 Å². The van der Waals surface area contributed by atoms with Crippen molar-refractivity contribution in [2.45, 2.75) is 6.54 Å². The number of halogens is 3. The second-order valence-electron chi connectivity index (χ2n) is 6.84. The van der Waals surface area contributed by atoms with Gasteiger partial charge in [-0.15, -0.1) is 12.4 Å². The molecule has 0 aromatic heterocycles. The van der Waals surface area contributed by atoms with Gasteiger partial charge in [0.15, 0.2) is 0 Å². The minimum Gasteiger partial charge on any atom is -0.497 e. The lowest BCUT2D eigenvalue weighted by Crippen LogP contribution is -2.48. The highest BCUT2D eigenvalue weighted by molar-refractivity contribution is 9.10. The van der Waals surface area contributed by atoms with Crippen LogP contribution in [0.5, 0.6) is 5.75 Å². The second-order valence-corrected chi connectivity index (χ2v) is 7.69. The zero-order valence-electron chi connectivity index (χ0n) is 16.4. The molecule has 0 unspecified atom stereocenters. The first-order chi connectivity index (χ1) is 13.5. The SMILES string of the molecule is COc1ccc(Br)c(CN2CCN(CCNC(=O)c3ccc(F)cc3)CC2)c1.Cl. The van der Waals surface area contributed by atoms with Gasteiger partial charge in [-0.05, 0) is 48.0 Å². The van der Waals surface area contributed by atoms with Crippen LogP contribution in [0.1, 0.15) is 15.9 Å². The molecule has 0 atom stereocenters. The normalized spacial score (nSPS) is 14.9. The third-order valence-electron chi connectivity index (χ3n) is 4.93. The largest absolute Gasteiger partial charge is 0.497 e. The van der Waals surface area contributed by atoms with Crippen LogP contribution in [0.4, 0.5) is 4.39 Å². The van der Waals surface area contributed by atoms with Crippen molar-refractivity contribution < 1.29 is 13.9 Å². The molecule has 1 amide bonds. The number of methoxy groups -OCH3 is 1. The molecular weight excluding hydrogens is 461 g/mol. The Hall–Kier alpha value is -1.67. The Kier molecular flexibility index (Phi) is 9.36. The standard InChI is InChI=1S/C21H25BrFN3O2.ClH/c1-28-19-6-7-20(22)17(14-19)15-26-12-10-25(11-13-26)9-8-24-21(27)16-2-4-18(23)5-3-16;/h2-7,14H,8-13,15H2,1H3,(H,24,27);1H. The minimum absolute atomic E-state index is 0. The molecule has 0 spiro atoms. The van der Waals surface area contributed by atoms with E-state index in [9.17, 15) is 9.18 Å². The van der Waals surface area contributed by atoms with E-state index in [-0.39, 0.29) is 24.1 Å². The lowest BCUT2D eigenvalue weighted by Gasteiger charge is -2.34. The monoisotopic (exact) mass is 485 g/mol. The fourth-order valence-corrected chi connectivity index (χ4v) is 3.61. The van der Waals surface area contributed by atoms with Crippen molar-refractivity contribution in [1.29, 1.82) is 0 Å². The van der Waals surface area contributed by atoms with Gasteiger partial charge in [0.25, 0.3) is 5.91 Å². The van der Waals surface area contributed by atoms with E-state index in [1.165, 1.54) is 29.8 Å². The Bertz CT molecular complexity index is 799. The third kappa shape index (κ3) is 6.96. The van der Waals surface area contributed by atoms with E-state index in [2.05, 4.69) is 37.1 Å². The van der Waals surface area contributed by atoms with Gasteiger partial charge in [-0.2, -0.15) is 0 Å². The number of piperazine rings is 1. The zero-order valence-corrected chi connectivity index (χ0v) is 18.8. The molecule has 8 heteroatoms. The van der Waals surface area contributed by atoms with Gasteiger partial charge in [0.1, 0.15) is 11.6 Å². The number of carbonyl (C=O) groups excluding carboxylic acids is 1. The van der Waals surface area contributed by atoms with Crippen LogP contribution in [0, 0.1) is 5.82 Å². The summed E-state index contributed by atoms with van der Waals surface area (Å²) in [5.74, 6) is 0.366. The van der Waals surface area contributed by atoms with Crippen LogP contribution in [0.15, 0.2) is 46.9 Å². The molecule has 158 valence electrons. The molecule has 1 N–H and O–H groups in total. The van der Waals surface area contributed by atoms with Gasteiger partial charge in [-0.3, -0.25) is 14.6 Å². The van der Waals surface area contributed by atoms with Crippen LogP contribution in [0.25, 0.3) is 0 Å². The number of ether oxygens (including phenoxy) is 1. The fraction of sp³-hybridized carbons (Fsp3) is 0.381. The Balaban J connectivity index is 0.00000300. The van der Waals surface area contributed by atoms with Crippen molar-refractivity contribution in [1.82, 2.24) is 15.1 Å². The van der Waals surface area contributed by atoms with E-state index >= 15 is 0 Å². The highest BCUT2D eigenvalue weighted by atomic mass is 79.9. The van der Waals surface area contributed by atoms with Crippen LogP contribution in [-0.4, -0.2) is 62.1 Å². The average Bonchev–Trinajstić information content (AvgIpc) is 2.71. The molecule has 3 rings (SSSR count). The molecule has 1 heterocycles. The summed E-state index contributed by atoms with van der Waals surface area (Å²) >= 11 is 3.62. The quantitative estimate of drug-likeness (QED) is 0.650. The number of carbonyl (C=O) groups is 1. The predicted octanol–water partition coefficient (Wildman–Crippen LogP) is 3.57. The second kappa shape index (κ2) is 11.5. The van der Waals surface area contributed by atoms with Crippen molar-refractivity contribution in [3.05, 3.63) is 63.9 Å². The van der Waals surface area contributed by atoms with E-state index in [4.69, 9.17) is 4.74 Å². The number of nitrogens with zero attached hydrogens (tertiary/aromatic N) is 2. The van der Waals surface area contributed by atoms with Crippen LogP contribution in [0.3, 0.4) is 0 Å². The van der Waals surface area contributed by atoms with Gasteiger partial charge in [0, 0.05) is 55.8 Å². The van der Waals surface area contributed by atoms with E-state index in [1.807, 2.05) is 12.1 Å². The summed E-state index contributed by atoms with van der Waals surface area (Å²) in [4.78, 5) is 16.8. The van der Waals surface area contributed by atoms with E-state index in [0.717, 1.165) is 49.5 Å². The number of benzene rings is 2. The fourth-order valence-electron chi connectivity index (χ4n) is 3.24. The summed E-state index contributed by atoms with van der Waals surface area (Å²) in [6, 6.07) is 11.6. The van der Waals surface area contributed by atoms with Crippen molar-refractivity contribution in [3.8, 4) is 5.75 Å². The molecule has 5 nitrogen and oxygen atoms in total. The molecule has 1 aliphatic heterocycles.